The minimum absolute atomic E-state index is 0.0294. The molecule has 0 atom stereocenters. The number of alkyl halides is 3. The van der Waals surface area contributed by atoms with Gasteiger partial charge in [0.05, 0.1) is 21.4 Å². The fourth-order valence-electron chi connectivity index (χ4n) is 3.21. The highest BCUT2D eigenvalue weighted by Crippen LogP contribution is 2.28. The van der Waals surface area contributed by atoms with E-state index in [4.69, 9.17) is 5.73 Å². The Morgan fingerprint density at radius 3 is 2.56 bits per heavy atom. The van der Waals surface area contributed by atoms with Crippen LogP contribution in [0.2, 0.25) is 0 Å². The minimum atomic E-state index is -4.76. The lowest BCUT2D eigenvalue weighted by Gasteiger charge is -2.14. The Labute approximate surface area is 217 Å². The Morgan fingerprint density at radius 2 is 1.92 bits per heavy atom. The Balaban J connectivity index is 1.75. The molecule has 2 amide bonds. The molecule has 186 valence electrons. The topological polar surface area (TPSA) is 146 Å². The second-order valence-corrected chi connectivity index (χ2v) is 9.12. The van der Waals surface area contributed by atoms with Crippen molar-refractivity contribution in [1.29, 1.82) is 0 Å². The molecular formula is C20H14Br2F3N9O2. The number of nitrogens with two attached hydrogens (primary N) is 1. The van der Waals surface area contributed by atoms with Gasteiger partial charge in [-0.3, -0.25) is 9.59 Å². The van der Waals surface area contributed by atoms with Gasteiger partial charge in [-0.25, -0.2) is 9.67 Å². The molecule has 0 saturated heterocycles. The van der Waals surface area contributed by atoms with Crippen LogP contribution in [0.15, 0.2) is 45.5 Å². The standard InChI is InChI=1S/C20H14Br2F3N9O2/c1-9-5-10(21)6-12(16(26)35)15(9)28-18(36)14-7-11(8-33-31-19(29-32-33)20(23,24)25)30-34(14)17-13(22)3-2-4-27-17/h2-7H,8H2,1H3,(H2,26,35)(H,28,36). The highest BCUT2D eigenvalue weighted by Gasteiger charge is 2.37. The Kier molecular flexibility index (Phi) is 6.90. The molecule has 0 spiro atoms. The second-order valence-electron chi connectivity index (χ2n) is 7.35. The molecule has 0 saturated carbocycles. The summed E-state index contributed by atoms with van der Waals surface area (Å²) < 4.78 is 40.8. The molecule has 4 rings (SSSR count). The molecule has 11 nitrogen and oxygen atoms in total. The fraction of sp³-hybridized carbons (Fsp3) is 0.150. The first-order chi connectivity index (χ1) is 16.9. The van der Waals surface area contributed by atoms with Gasteiger partial charge < -0.3 is 11.1 Å². The van der Waals surface area contributed by atoms with Crippen LogP contribution < -0.4 is 11.1 Å². The van der Waals surface area contributed by atoms with E-state index < -0.39 is 23.8 Å². The molecule has 3 N–H and O–H groups in total. The van der Waals surface area contributed by atoms with Crippen molar-refractivity contribution in [3.63, 3.8) is 0 Å². The lowest BCUT2D eigenvalue weighted by Crippen LogP contribution is -2.21. The van der Waals surface area contributed by atoms with E-state index >= 15 is 0 Å². The number of nitrogens with one attached hydrogen (secondary N) is 1. The Bertz CT molecular complexity index is 1480. The van der Waals surface area contributed by atoms with Gasteiger partial charge in [0, 0.05) is 10.7 Å². The zero-order chi connectivity index (χ0) is 26.2. The van der Waals surface area contributed by atoms with Crippen molar-refractivity contribution in [3.05, 3.63) is 73.8 Å². The molecule has 1 aromatic carbocycles. The number of anilines is 1. The van der Waals surface area contributed by atoms with E-state index in [0.717, 1.165) is 0 Å². The van der Waals surface area contributed by atoms with Crippen LogP contribution in [-0.4, -0.2) is 46.8 Å². The molecule has 0 aliphatic carbocycles. The van der Waals surface area contributed by atoms with E-state index in [1.807, 2.05) is 0 Å². The summed E-state index contributed by atoms with van der Waals surface area (Å²) in [4.78, 5) is 30.3. The average molecular weight is 629 g/mol. The van der Waals surface area contributed by atoms with E-state index in [1.54, 1.807) is 25.1 Å². The number of tetrazole rings is 1. The number of hydrogen-bond donors (Lipinski definition) is 2. The zero-order valence-corrected chi connectivity index (χ0v) is 21.3. The van der Waals surface area contributed by atoms with Gasteiger partial charge in [-0.2, -0.15) is 23.1 Å². The number of amides is 2. The number of rotatable bonds is 6. The van der Waals surface area contributed by atoms with Crippen LogP contribution in [0.5, 0.6) is 0 Å². The first-order valence-electron chi connectivity index (χ1n) is 9.90. The largest absolute Gasteiger partial charge is 0.455 e. The summed E-state index contributed by atoms with van der Waals surface area (Å²) in [6, 6.07) is 7.82. The van der Waals surface area contributed by atoms with E-state index in [9.17, 15) is 22.8 Å². The van der Waals surface area contributed by atoms with E-state index in [-0.39, 0.29) is 35.0 Å². The monoisotopic (exact) mass is 627 g/mol. The lowest BCUT2D eigenvalue weighted by atomic mass is 10.1. The maximum atomic E-state index is 13.4. The number of aryl methyl sites for hydroxylation is 1. The Morgan fingerprint density at radius 1 is 1.17 bits per heavy atom. The first kappa shape index (κ1) is 25.4. The third kappa shape index (κ3) is 5.28. The van der Waals surface area contributed by atoms with E-state index in [2.05, 4.69) is 62.7 Å². The van der Waals surface area contributed by atoms with Crippen LogP contribution in [0, 0.1) is 6.92 Å². The molecule has 3 aromatic heterocycles. The average Bonchev–Trinajstić information content (AvgIpc) is 3.43. The van der Waals surface area contributed by atoms with Crippen molar-refractivity contribution >= 4 is 49.4 Å². The second kappa shape index (κ2) is 9.77. The van der Waals surface area contributed by atoms with Crippen molar-refractivity contribution in [3.8, 4) is 5.82 Å². The molecule has 0 aliphatic rings. The quantitative estimate of drug-likeness (QED) is 0.332. The highest BCUT2D eigenvalue weighted by molar-refractivity contribution is 9.10. The fourth-order valence-corrected chi connectivity index (χ4v) is 4.21. The minimum Gasteiger partial charge on any atom is -0.366 e. The molecule has 0 bridgehead atoms. The van der Waals surface area contributed by atoms with Crippen molar-refractivity contribution in [2.45, 2.75) is 19.6 Å². The maximum absolute atomic E-state index is 13.4. The maximum Gasteiger partial charge on any atom is 0.455 e. The van der Waals surface area contributed by atoms with Crippen molar-refractivity contribution in [1.82, 2.24) is 35.0 Å². The summed E-state index contributed by atoms with van der Waals surface area (Å²) in [5.41, 5.74) is 6.43. The molecule has 0 fully saturated rings. The number of primary amides is 1. The van der Waals surface area contributed by atoms with Gasteiger partial charge in [-0.15, -0.1) is 10.2 Å². The zero-order valence-electron chi connectivity index (χ0n) is 18.1. The van der Waals surface area contributed by atoms with E-state index in [1.165, 1.54) is 23.0 Å². The normalized spacial score (nSPS) is 11.5. The van der Waals surface area contributed by atoms with Gasteiger partial charge in [0.1, 0.15) is 12.2 Å². The van der Waals surface area contributed by atoms with Crippen molar-refractivity contribution < 1.29 is 22.8 Å². The number of pyridine rings is 1. The molecule has 0 unspecified atom stereocenters. The molecule has 16 heteroatoms. The van der Waals surface area contributed by atoms with Crippen molar-refractivity contribution in [2.75, 3.05) is 5.32 Å². The Hall–Kier alpha value is -3.66. The molecule has 3 heterocycles. The summed E-state index contributed by atoms with van der Waals surface area (Å²) in [6.07, 6.45) is -3.29. The van der Waals surface area contributed by atoms with Crippen LogP contribution in [0.4, 0.5) is 18.9 Å². The van der Waals surface area contributed by atoms with Crippen LogP contribution >= 0.6 is 31.9 Å². The third-order valence-corrected chi connectivity index (χ3v) is 5.82. The van der Waals surface area contributed by atoms with Crippen LogP contribution in [0.3, 0.4) is 0 Å². The number of carbonyl (C=O) groups is 2. The third-order valence-electron chi connectivity index (χ3n) is 4.75. The van der Waals surface area contributed by atoms with Crippen LogP contribution in [-0.2, 0) is 12.7 Å². The summed E-state index contributed by atoms with van der Waals surface area (Å²) in [5.74, 6) is -2.60. The van der Waals surface area contributed by atoms with Gasteiger partial charge >= 0.3 is 6.18 Å². The number of aromatic nitrogens is 7. The molecule has 0 radical (unpaired) electrons. The molecule has 4 aromatic rings. The summed E-state index contributed by atoms with van der Waals surface area (Å²) in [6.45, 7) is 1.37. The predicted molar refractivity (Wildman–Crippen MR) is 126 cm³/mol. The van der Waals surface area contributed by atoms with E-state index in [0.29, 0.717) is 19.3 Å². The first-order valence-corrected chi connectivity index (χ1v) is 11.5. The van der Waals surface area contributed by atoms with Crippen molar-refractivity contribution in [2.24, 2.45) is 5.73 Å². The summed E-state index contributed by atoms with van der Waals surface area (Å²) >= 11 is 6.64. The van der Waals surface area contributed by atoms with Gasteiger partial charge in [0.2, 0.25) is 0 Å². The van der Waals surface area contributed by atoms with Gasteiger partial charge in [0.25, 0.3) is 17.6 Å². The number of nitrogens with zero attached hydrogens (tertiary/aromatic N) is 7. The summed E-state index contributed by atoms with van der Waals surface area (Å²) in [7, 11) is 0. The SMILES string of the molecule is Cc1cc(Br)cc(C(N)=O)c1NC(=O)c1cc(Cn2nnc(C(F)(F)F)n2)nn1-c1ncccc1Br. The number of hydrogen-bond acceptors (Lipinski definition) is 7. The highest BCUT2D eigenvalue weighted by atomic mass is 79.9. The van der Waals surface area contributed by atoms with Crippen LogP contribution in [0.25, 0.3) is 5.82 Å². The van der Waals surface area contributed by atoms with Gasteiger partial charge in [-0.05, 0) is 64.0 Å². The van der Waals surface area contributed by atoms with Gasteiger partial charge in [0.15, 0.2) is 5.82 Å². The van der Waals surface area contributed by atoms with Crippen LogP contribution in [0.1, 0.15) is 37.9 Å². The lowest BCUT2D eigenvalue weighted by molar-refractivity contribution is -0.145. The number of carbonyl (C=O) groups excluding carboxylic acids is 2. The molecule has 0 aliphatic heterocycles. The predicted octanol–water partition coefficient (Wildman–Crippen LogP) is 3.51. The molecular weight excluding hydrogens is 615 g/mol. The number of halogens is 5. The smallest absolute Gasteiger partial charge is 0.366 e. The summed E-state index contributed by atoms with van der Waals surface area (Å²) in [5, 5.41) is 16.7. The van der Waals surface area contributed by atoms with Gasteiger partial charge in [-0.1, -0.05) is 15.9 Å². The molecule has 36 heavy (non-hydrogen) atoms. The number of benzene rings is 1.